The minimum Gasteiger partial charge on any atom is -0.476 e. The molecule has 4 heteroatoms. The lowest BCUT2D eigenvalue weighted by atomic mass is 10.2. The van der Waals surface area contributed by atoms with Crippen LogP contribution in [0.15, 0.2) is 11.2 Å². The summed E-state index contributed by atoms with van der Waals surface area (Å²) in [4.78, 5) is 11.9. The summed E-state index contributed by atoms with van der Waals surface area (Å²) in [6.45, 7) is 4.37. The fourth-order valence-electron chi connectivity index (χ4n) is 1.65. The van der Waals surface area contributed by atoms with E-state index in [-0.39, 0.29) is 0 Å². The van der Waals surface area contributed by atoms with Gasteiger partial charge in [0.2, 0.25) is 4.93 Å². The molecule has 1 atom stereocenters. The molecule has 0 radical (unpaired) electrons. The summed E-state index contributed by atoms with van der Waals surface area (Å²) in [6, 6.07) is 0. The molecule has 0 spiro atoms. The molecule has 104 valence electrons. The van der Waals surface area contributed by atoms with Gasteiger partial charge in [-0.15, -0.1) is 23.5 Å². The standard InChI is InChI=1S/C14H24O2S2/c1-3-5-9-17-13-7-8-14(12-15,16-11-13)18-10-6-4-2/h11-12H,3-10H2,1-2H3. The van der Waals surface area contributed by atoms with Gasteiger partial charge in [0.15, 0.2) is 6.29 Å². The molecule has 1 rings (SSSR count). The second kappa shape index (κ2) is 8.92. The Labute approximate surface area is 119 Å². The molecule has 1 aliphatic rings. The Morgan fingerprint density at radius 1 is 1.33 bits per heavy atom. The predicted molar refractivity (Wildman–Crippen MR) is 81.9 cm³/mol. The SMILES string of the molecule is CCCCSC1=COC(C=O)(SCCCC)CC1. The highest BCUT2D eigenvalue weighted by Gasteiger charge is 2.34. The zero-order chi connectivity index (χ0) is 13.3. The average molecular weight is 288 g/mol. The van der Waals surface area contributed by atoms with E-state index in [9.17, 15) is 4.79 Å². The summed E-state index contributed by atoms with van der Waals surface area (Å²) in [5.74, 6) is 2.16. The van der Waals surface area contributed by atoms with Crippen molar-refractivity contribution < 1.29 is 9.53 Å². The summed E-state index contributed by atoms with van der Waals surface area (Å²) in [5, 5.41) is 0. The van der Waals surface area contributed by atoms with Crippen LogP contribution in [0.3, 0.4) is 0 Å². The molecule has 0 bridgehead atoms. The summed E-state index contributed by atoms with van der Waals surface area (Å²) in [5.41, 5.74) is 0. The summed E-state index contributed by atoms with van der Waals surface area (Å²) in [7, 11) is 0. The van der Waals surface area contributed by atoms with Crippen molar-refractivity contribution in [1.29, 1.82) is 0 Å². The molecule has 0 saturated heterocycles. The van der Waals surface area contributed by atoms with Crippen LogP contribution in [0.1, 0.15) is 52.4 Å². The molecule has 0 aromatic heterocycles. The number of carbonyl (C=O) groups is 1. The van der Waals surface area contributed by atoms with Crippen molar-refractivity contribution in [2.75, 3.05) is 11.5 Å². The maximum atomic E-state index is 11.3. The molecule has 0 aliphatic carbocycles. The third-order valence-corrected chi connectivity index (χ3v) is 5.46. The lowest BCUT2D eigenvalue weighted by molar-refractivity contribution is -0.118. The minimum atomic E-state index is -0.607. The van der Waals surface area contributed by atoms with Crippen LogP contribution in [0.5, 0.6) is 0 Å². The van der Waals surface area contributed by atoms with Gasteiger partial charge < -0.3 is 4.74 Å². The highest BCUT2D eigenvalue weighted by atomic mass is 32.2. The zero-order valence-corrected chi connectivity index (χ0v) is 13.1. The Morgan fingerprint density at radius 2 is 2.06 bits per heavy atom. The van der Waals surface area contributed by atoms with Crippen molar-refractivity contribution in [3.8, 4) is 0 Å². The molecule has 0 saturated carbocycles. The Balaban J connectivity index is 2.39. The molecule has 1 aliphatic heterocycles. The van der Waals surface area contributed by atoms with Gasteiger partial charge in [-0.25, -0.2) is 0 Å². The van der Waals surface area contributed by atoms with Crippen molar-refractivity contribution in [3.63, 3.8) is 0 Å². The second-order valence-corrected chi connectivity index (χ2v) is 7.14. The van der Waals surface area contributed by atoms with Gasteiger partial charge in [0.25, 0.3) is 0 Å². The van der Waals surface area contributed by atoms with Crippen LogP contribution in [0.2, 0.25) is 0 Å². The first kappa shape index (κ1) is 16.0. The Hall–Kier alpha value is -0.0900. The normalized spacial score (nSPS) is 23.3. The van der Waals surface area contributed by atoms with E-state index in [1.165, 1.54) is 17.7 Å². The molecule has 18 heavy (non-hydrogen) atoms. The first-order valence-corrected chi connectivity index (χ1v) is 8.83. The minimum absolute atomic E-state index is 0.607. The Morgan fingerprint density at radius 3 is 2.61 bits per heavy atom. The van der Waals surface area contributed by atoms with Gasteiger partial charge in [-0.2, -0.15) is 0 Å². The molecule has 0 amide bonds. The van der Waals surface area contributed by atoms with E-state index in [1.54, 1.807) is 11.8 Å². The number of carbonyl (C=O) groups excluding carboxylic acids is 1. The lowest BCUT2D eigenvalue weighted by Crippen LogP contribution is -2.31. The molecule has 1 heterocycles. The maximum absolute atomic E-state index is 11.3. The highest BCUT2D eigenvalue weighted by Crippen LogP contribution is 2.39. The van der Waals surface area contributed by atoms with Crippen LogP contribution in [0, 0.1) is 0 Å². The van der Waals surface area contributed by atoms with Gasteiger partial charge in [0.1, 0.15) is 0 Å². The molecular formula is C14H24O2S2. The van der Waals surface area contributed by atoms with Crippen molar-refractivity contribution in [2.45, 2.75) is 57.3 Å². The van der Waals surface area contributed by atoms with Crippen LogP contribution >= 0.6 is 23.5 Å². The van der Waals surface area contributed by atoms with Gasteiger partial charge in [0.05, 0.1) is 6.26 Å². The van der Waals surface area contributed by atoms with Crippen LogP contribution < -0.4 is 0 Å². The van der Waals surface area contributed by atoms with Crippen molar-refractivity contribution in [3.05, 3.63) is 11.2 Å². The number of thioether (sulfide) groups is 2. The van der Waals surface area contributed by atoms with E-state index in [0.29, 0.717) is 0 Å². The first-order chi connectivity index (χ1) is 8.76. The van der Waals surface area contributed by atoms with Crippen LogP contribution in [-0.4, -0.2) is 22.7 Å². The van der Waals surface area contributed by atoms with E-state index in [2.05, 4.69) is 13.8 Å². The van der Waals surface area contributed by atoms with Gasteiger partial charge in [0, 0.05) is 11.3 Å². The number of rotatable bonds is 9. The van der Waals surface area contributed by atoms with Crippen molar-refractivity contribution in [1.82, 2.24) is 0 Å². The Bertz CT molecular complexity index is 279. The van der Waals surface area contributed by atoms with Crippen LogP contribution in [0.25, 0.3) is 0 Å². The number of hydrogen-bond donors (Lipinski definition) is 0. The quantitative estimate of drug-likeness (QED) is 0.457. The van der Waals surface area contributed by atoms with Crippen molar-refractivity contribution in [2.24, 2.45) is 0 Å². The third kappa shape index (κ3) is 5.27. The molecule has 0 aromatic carbocycles. The molecule has 0 N–H and O–H groups in total. The molecule has 1 unspecified atom stereocenters. The fourth-order valence-corrected chi connectivity index (χ4v) is 3.92. The highest BCUT2D eigenvalue weighted by molar-refractivity contribution is 8.03. The third-order valence-electron chi connectivity index (χ3n) is 2.92. The van der Waals surface area contributed by atoms with E-state index in [4.69, 9.17) is 4.74 Å². The molecule has 0 aromatic rings. The Kier molecular flexibility index (Phi) is 7.91. The van der Waals surface area contributed by atoms with E-state index >= 15 is 0 Å². The molecular weight excluding hydrogens is 264 g/mol. The predicted octanol–water partition coefficient (Wildman–Crippen LogP) is 4.60. The number of aldehydes is 1. The number of unbranched alkanes of at least 4 members (excludes halogenated alkanes) is 2. The monoisotopic (exact) mass is 288 g/mol. The number of ether oxygens (including phenoxy) is 1. The average Bonchev–Trinajstić information content (AvgIpc) is 2.41. The number of allylic oxidation sites excluding steroid dienone is 1. The van der Waals surface area contributed by atoms with Crippen LogP contribution in [-0.2, 0) is 9.53 Å². The van der Waals surface area contributed by atoms with E-state index in [1.807, 2.05) is 18.0 Å². The molecule has 2 nitrogen and oxygen atoms in total. The fraction of sp³-hybridized carbons (Fsp3) is 0.786. The lowest BCUT2D eigenvalue weighted by Gasteiger charge is -2.31. The van der Waals surface area contributed by atoms with E-state index in [0.717, 1.165) is 43.5 Å². The van der Waals surface area contributed by atoms with Crippen LogP contribution in [0.4, 0.5) is 0 Å². The summed E-state index contributed by atoms with van der Waals surface area (Å²) >= 11 is 3.53. The summed E-state index contributed by atoms with van der Waals surface area (Å²) in [6.07, 6.45) is 9.37. The second-order valence-electron chi connectivity index (χ2n) is 4.54. The summed E-state index contributed by atoms with van der Waals surface area (Å²) < 4.78 is 5.72. The smallest absolute Gasteiger partial charge is 0.209 e. The maximum Gasteiger partial charge on any atom is 0.209 e. The molecule has 0 fully saturated rings. The van der Waals surface area contributed by atoms with Gasteiger partial charge in [-0.1, -0.05) is 26.7 Å². The number of hydrogen-bond acceptors (Lipinski definition) is 4. The topological polar surface area (TPSA) is 26.3 Å². The van der Waals surface area contributed by atoms with Gasteiger partial charge in [-0.05, 0) is 30.8 Å². The van der Waals surface area contributed by atoms with Gasteiger partial charge in [-0.3, -0.25) is 4.79 Å². The zero-order valence-electron chi connectivity index (χ0n) is 11.4. The first-order valence-electron chi connectivity index (χ1n) is 6.86. The van der Waals surface area contributed by atoms with Crippen molar-refractivity contribution >= 4 is 29.8 Å². The largest absolute Gasteiger partial charge is 0.476 e. The van der Waals surface area contributed by atoms with Gasteiger partial charge >= 0.3 is 0 Å². The van der Waals surface area contributed by atoms with E-state index < -0.39 is 4.93 Å².